The van der Waals surface area contributed by atoms with Crippen molar-refractivity contribution in [1.82, 2.24) is 15.0 Å². The number of aromatic nitrogens is 3. The van der Waals surface area contributed by atoms with Crippen molar-refractivity contribution in [2.75, 3.05) is 18.5 Å². The maximum atomic E-state index is 11.7. The van der Waals surface area contributed by atoms with Gasteiger partial charge in [-0.25, -0.2) is 4.98 Å². The molecule has 0 spiro atoms. The van der Waals surface area contributed by atoms with Gasteiger partial charge in [-0.3, -0.25) is 9.78 Å². The van der Waals surface area contributed by atoms with Crippen molar-refractivity contribution in [3.05, 3.63) is 52.3 Å². The number of nitrogens with zero attached hydrogens (tertiary/aromatic N) is 3. The van der Waals surface area contributed by atoms with Gasteiger partial charge >= 0.3 is 0 Å². The third-order valence-corrected chi connectivity index (χ3v) is 3.53. The normalized spacial score (nSPS) is 14.2. The molecule has 0 unspecified atom stereocenters. The molecule has 0 atom stereocenters. The van der Waals surface area contributed by atoms with Gasteiger partial charge in [0, 0.05) is 43.9 Å². The summed E-state index contributed by atoms with van der Waals surface area (Å²) in [5.41, 5.74) is 0.980. The summed E-state index contributed by atoms with van der Waals surface area (Å²) in [6, 6.07) is 7.46. The lowest BCUT2D eigenvalue weighted by Gasteiger charge is -2.18. The van der Waals surface area contributed by atoms with Gasteiger partial charge in [0.05, 0.1) is 0 Å². The Hall–Kier alpha value is -2.17. The van der Waals surface area contributed by atoms with Gasteiger partial charge in [-0.05, 0) is 25.0 Å². The molecule has 20 heavy (non-hydrogen) atoms. The van der Waals surface area contributed by atoms with E-state index in [2.05, 4.69) is 15.0 Å². The molecule has 104 valence electrons. The van der Waals surface area contributed by atoms with E-state index in [4.69, 9.17) is 0 Å². The van der Waals surface area contributed by atoms with E-state index in [1.54, 1.807) is 12.3 Å². The van der Waals surface area contributed by atoms with Crippen LogP contribution in [0.15, 0.2) is 35.3 Å². The maximum absolute atomic E-state index is 11.7. The van der Waals surface area contributed by atoms with Crippen molar-refractivity contribution in [3.8, 4) is 0 Å². The van der Waals surface area contributed by atoms with E-state index in [0.29, 0.717) is 5.92 Å². The van der Waals surface area contributed by atoms with Crippen LogP contribution in [-0.2, 0) is 6.42 Å². The molecular formula is C15H18N4O. The van der Waals surface area contributed by atoms with E-state index in [9.17, 15) is 4.79 Å². The van der Waals surface area contributed by atoms with Gasteiger partial charge in [0.1, 0.15) is 11.6 Å². The van der Waals surface area contributed by atoms with Crippen molar-refractivity contribution >= 4 is 5.82 Å². The number of hydrogen-bond acceptors (Lipinski definition) is 4. The summed E-state index contributed by atoms with van der Waals surface area (Å²) >= 11 is 0. The number of hydrogen-bond donors (Lipinski definition) is 1. The highest BCUT2D eigenvalue weighted by Crippen LogP contribution is 2.37. The fraction of sp³-hybridized carbons (Fsp3) is 0.400. The van der Waals surface area contributed by atoms with Crippen LogP contribution in [-0.4, -0.2) is 28.5 Å². The average molecular weight is 270 g/mol. The lowest BCUT2D eigenvalue weighted by atomic mass is 10.2. The standard InChI is InChI=1S/C15H18N4O/c1-19(9-7-12-4-2-3-8-16-12)13-10-14(20)18-15(17-13)11-5-6-11/h2-4,8,10-11H,5-7,9H2,1H3,(H,17,18,20). The second-order valence-electron chi connectivity index (χ2n) is 5.26. The first kappa shape index (κ1) is 12.8. The SMILES string of the molecule is CN(CCc1ccccn1)c1cc(=O)[nH]c(C2CC2)n1. The van der Waals surface area contributed by atoms with Crippen LogP contribution in [0.5, 0.6) is 0 Å². The highest BCUT2D eigenvalue weighted by atomic mass is 16.1. The number of H-pyrrole nitrogens is 1. The first-order valence-electron chi connectivity index (χ1n) is 6.94. The second-order valence-corrected chi connectivity index (χ2v) is 5.26. The van der Waals surface area contributed by atoms with Crippen molar-refractivity contribution in [1.29, 1.82) is 0 Å². The predicted molar refractivity (Wildman–Crippen MR) is 78.0 cm³/mol. The van der Waals surface area contributed by atoms with E-state index in [1.807, 2.05) is 30.1 Å². The van der Waals surface area contributed by atoms with Crippen LogP contribution in [0.1, 0.15) is 30.3 Å². The molecule has 5 heteroatoms. The number of pyridine rings is 1. The maximum Gasteiger partial charge on any atom is 0.252 e. The van der Waals surface area contributed by atoms with Gasteiger partial charge < -0.3 is 9.88 Å². The van der Waals surface area contributed by atoms with Crippen LogP contribution in [0.25, 0.3) is 0 Å². The van der Waals surface area contributed by atoms with Crippen molar-refractivity contribution in [2.45, 2.75) is 25.2 Å². The summed E-state index contributed by atoms with van der Waals surface area (Å²) in [6.45, 7) is 0.789. The number of anilines is 1. The van der Waals surface area contributed by atoms with Crippen LogP contribution in [0.4, 0.5) is 5.82 Å². The molecule has 2 heterocycles. The van der Waals surface area contributed by atoms with E-state index in [0.717, 1.165) is 43.1 Å². The summed E-state index contributed by atoms with van der Waals surface area (Å²) < 4.78 is 0. The molecule has 0 aliphatic heterocycles. The lowest BCUT2D eigenvalue weighted by molar-refractivity contribution is 0.815. The summed E-state index contributed by atoms with van der Waals surface area (Å²) in [6.07, 6.45) is 4.89. The Morgan fingerprint density at radius 2 is 2.25 bits per heavy atom. The zero-order valence-electron chi connectivity index (χ0n) is 11.5. The molecule has 0 bridgehead atoms. The lowest BCUT2D eigenvalue weighted by Crippen LogP contribution is -2.24. The summed E-state index contributed by atoms with van der Waals surface area (Å²) in [5, 5.41) is 0. The summed E-state index contributed by atoms with van der Waals surface area (Å²) in [4.78, 5) is 25.4. The molecule has 1 aliphatic rings. The highest BCUT2D eigenvalue weighted by molar-refractivity contribution is 5.37. The molecular weight excluding hydrogens is 252 g/mol. The third kappa shape index (κ3) is 3.04. The Balaban J connectivity index is 1.70. The van der Waals surface area contributed by atoms with Gasteiger partial charge in [0.2, 0.25) is 0 Å². The minimum atomic E-state index is -0.0680. The van der Waals surface area contributed by atoms with Crippen LogP contribution in [0, 0.1) is 0 Å². The first-order valence-corrected chi connectivity index (χ1v) is 6.94. The molecule has 0 amide bonds. The van der Waals surface area contributed by atoms with Gasteiger partial charge in [0.15, 0.2) is 0 Å². The second kappa shape index (κ2) is 5.45. The molecule has 2 aromatic rings. The minimum Gasteiger partial charge on any atom is -0.359 e. The van der Waals surface area contributed by atoms with Crippen LogP contribution >= 0.6 is 0 Å². The Labute approximate surface area is 117 Å². The van der Waals surface area contributed by atoms with Crippen LogP contribution in [0.2, 0.25) is 0 Å². The minimum absolute atomic E-state index is 0.0680. The molecule has 0 radical (unpaired) electrons. The molecule has 1 aliphatic carbocycles. The number of aromatic amines is 1. The van der Waals surface area contributed by atoms with Gasteiger partial charge in [-0.2, -0.15) is 0 Å². The summed E-state index contributed by atoms with van der Waals surface area (Å²) in [7, 11) is 1.96. The van der Waals surface area contributed by atoms with Crippen molar-refractivity contribution < 1.29 is 0 Å². The Kier molecular flexibility index (Phi) is 3.50. The molecule has 0 aromatic carbocycles. The zero-order valence-corrected chi connectivity index (χ0v) is 11.5. The third-order valence-electron chi connectivity index (χ3n) is 3.53. The predicted octanol–water partition coefficient (Wildman–Crippen LogP) is 1.72. The van der Waals surface area contributed by atoms with Crippen molar-refractivity contribution in [2.24, 2.45) is 0 Å². The number of rotatable bonds is 5. The fourth-order valence-corrected chi connectivity index (χ4v) is 2.15. The van der Waals surface area contributed by atoms with E-state index >= 15 is 0 Å². The molecule has 3 rings (SSSR count). The van der Waals surface area contributed by atoms with Crippen LogP contribution in [0.3, 0.4) is 0 Å². The Morgan fingerprint density at radius 3 is 2.95 bits per heavy atom. The first-order chi connectivity index (χ1) is 9.72. The zero-order chi connectivity index (χ0) is 13.9. The molecule has 5 nitrogen and oxygen atoms in total. The fourth-order valence-electron chi connectivity index (χ4n) is 2.15. The molecule has 0 saturated heterocycles. The van der Waals surface area contributed by atoms with Gasteiger partial charge in [0.25, 0.3) is 5.56 Å². The highest BCUT2D eigenvalue weighted by Gasteiger charge is 2.26. The van der Waals surface area contributed by atoms with Crippen molar-refractivity contribution in [3.63, 3.8) is 0 Å². The average Bonchev–Trinajstić information content (AvgIpc) is 3.30. The quantitative estimate of drug-likeness (QED) is 0.898. The number of likely N-dealkylation sites (N-methyl/N-ethyl adjacent to an activating group) is 1. The van der Waals surface area contributed by atoms with Gasteiger partial charge in [-0.15, -0.1) is 0 Å². The number of nitrogens with one attached hydrogen (secondary N) is 1. The molecule has 1 saturated carbocycles. The monoisotopic (exact) mass is 270 g/mol. The topological polar surface area (TPSA) is 61.9 Å². The Bertz CT molecular complexity index is 634. The smallest absolute Gasteiger partial charge is 0.252 e. The van der Waals surface area contributed by atoms with Crippen LogP contribution < -0.4 is 10.5 Å². The van der Waals surface area contributed by atoms with E-state index < -0.39 is 0 Å². The summed E-state index contributed by atoms with van der Waals surface area (Å²) in [5.74, 6) is 2.02. The largest absolute Gasteiger partial charge is 0.359 e. The van der Waals surface area contributed by atoms with Gasteiger partial charge in [-0.1, -0.05) is 6.07 Å². The molecule has 1 fully saturated rings. The molecule has 2 aromatic heterocycles. The van der Waals surface area contributed by atoms with E-state index in [1.165, 1.54) is 0 Å². The molecule has 1 N–H and O–H groups in total. The Morgan fingerprint density at radius 1 is 1.40 bits per heavy atom. The van der Waals surface area contributed by atoms with E-state index in [-0.39, 0.29) is 5.56 Å².